The Labute approximate surface area is 164 Å². The van der Waals surface area contributed by atoms with Crippen LogP contribution in [0.15, 0.2) is 36.7 Å². The summed E-state index contributed by atoms with van der Waals surface area (Å²) < 4.78 is 1.90. The first-order valence-corrected chi connectivity index (χ1v) is 10.7. The number of nitrogens with zero attached hydrogens (tertiary/aromatic N) is 4. The standard InChI is InChI=1S/C23H34N4/c1-25-17-23(16-24-25)19-27-13-9-21(10-14-27)15-20-5-7-22(8-6-20)18-26-11-3-2-4-12-26/h5-8,16-17,21H,2-4,9-15,18-19H2,1H3. The van der Waals surface area contributed by atoms with E-state index in [9.17, 15) is 0 Å². The van der Waals surface area contributed by atoms with Crippen LogP contribution >= 0.6 is 0 Å². The van der Waals surface area contributed by atoms with Crippen molar-refractivity contribution in [3.05, 3.63) is 53.3 Å². The van der Waals surface area contributed by atoms with Gasteiger partial charge in [0.2, 0.25) is 0 Å². The predicted octanol–water partition coefficient (Wildman–Crippen LogP) is 3.86. The zero-order valence-corrected chi connectivity index (χ0v) is 16.8. The molecule has 0 amide bonds. The van der Waals surface area contributed by atoms with E-state index in [2.05, 4.69) is 45.4 Å². The van der Waals surface area contributed by atoms with Gasteiger partial charge < -0.3 is 0 Å². The Kier molecular flexibility index (Phi) is 6.25. The summed E-state index contributed by atoms with van der Waals surface area (Å²) >= 11 is 0. The number of rotatable bonds is 6. The van der Waals surface area contributed by atoms with Crippen LogP contribution in [-0.4, -0.2) is 45.8 Å². The Morgan fingerprint density at radius 2 is 1.44 bits per heavy atom. The average Bonchev–Trinajstić information content (AvgIpc) is 3.10. The molecular formula is C23H34N4. The van der Waals surface area contributed by atoms with Gasteiger partial charge in [-0.15, -0.1) is 0 Å². The van der Waals surface area contributed by atoms with E-state index in [0.717, 1.165) is 19.0 Å². The maximum atomic E-state index is 4.28. The predicted molar refractivity (Wildman–Crippen MR) is 110 cm³/mol. The molecule has 0 aliphatic carbocycles. The van der Waals surface area contributed by atoms with Gasteiger partial charge in [-0.25, -0.2) is 0 Å². The third kappa shape index (κ3) is 5.43. The third-order valence-electron chi connectivity index (χ3n) is 6.27. The van der Waals surface area contributed by atoms with Gasteiger partial charge in [0.1, 0.15) is 0 Å². The number of benzene rings is 1. The van der Waals surface area contributed by atoms with Crippen LogP contribution < -0.4 is 0 Å². The SMILES string of the molecule is Cn1cc(CN2CCC(Cc3ccc(CN4CCCCC4)cc3)CC2)cn1. The molecule has 0 saturated carbocycles. The van der Waals surface area contributed by atoms with Gasteiger partial charge in [-0.3, -0.25) is 14.5 Å². The van der Waals surface area contributed by atoms with Gasteiger partial charge in [0, 0.05) is 31.9 Å². The Bertz CT molecular complexity index is 691. The number of hydrogen-bond donors (Lipinski definition) is 0. The molecular weight excluding hydrogens is 332 g/mol. The van der Waals surface area contributed by atoms with E-state index in [1.807, 2.05) is 17.9 Å². The van der Waals surface area contributed by atoms with Crippen LogP contribution in [0.1, 0.15) is 48.8 Å². The van der Waals surface area contributed by atoms with Crippen molar-refractivity contribution >= 4 is 0 Å². The molecule has 1 aromatic heterocycles. The number of aromatic nitrogens is 2. The zero-order chi connectivity index (χ0) is 18.5. The highest BCUT2D eigenvalue weighted by Crippen LogP contribution is 2.23. The fourth-order valence-electron chi connectivity index (χ4n) is 4.65. The summed E-state index contributed by atoms with van der Waals surface area (Å²) in [5.41, 5.74) is 4.33. The van der Waals surface area contributed by atoms with Gasteiger partial charge in [-0.05, 0) is 75.3 Å². The van der Waals surface area contributed by atoms with Crippen molar-refractivity contribution in [3.8, 4) is 0 Å². The molecule has 0 spiro atoms. The maximum absolute atomic E-state index is 4.28. The summed E-state index contributed by atoms with van der Waals surface area (Å²) in [6, 6.07) is 9.48. The third-order valence-corrected chi connectivity index (χ3v) is 6.27. The molecule has 0 N–H and O–H groups in total. The van der Waals surface area contributed by atoms with Gasteiger partial charge in [0.15, 0.2) is 0 Å². The first-order chi connectivity index (χ1) is 13.2. The lowest BCUT2D eigenvalue weighted by atomic mass is 9.90. The summed E-state index contributed by atoms with van der Waals surface area (Å²) in [5.74, 6) is 0.836. The molecule has 2 saturated heterocycles. The molecule has 0 atom stereocenters. The Morgan fingerprint density at radius 3 is 2.11 bits per heavy atom. The molecule has 27 heavy (non-hydrogen) atoms. The number of hydrogen-bond acceptors (Lipinski definition) is 3. The highest BCUT2D eigenvalue weighted by Gasteiger charge is 2.20. The smallest absolute Gasteiger partial charge is 0.0534 e. The van der Waals surface area contributed by atoms with Gasteiger partial charge >= 0.3 is 0 Å². The Morgan fingerprint density at radius 1 is 0.815 bits per heavy atom. The Balaban J connectivity index is 1.21. The van der Waals surface area contributed by atoms with Crippen LogP contribution in [0.2, 0.25) is 0 Å². The van der Waals surface area contributed by atoms with Gasteiger partial charge in [0.25, 0.3) is 0 Å². The molecule has 2 fully saturated rings. The molecule has 2 aliphatic heterocycles. The van der Waals surface area contributed by atoms with E-state index < -0.39 is 0 Å². The fraction of sp³-hybridized carbons (Fsp3) is 0.609. The highest BCUT2D eigenvalue weighted by molar-refractivity contribution is 5.23. The first kappa shape index (κ1) is 18.7. The monoisotopic (exact) mass is 366 g/mol. The van der Waals surface area contributed by atoms with Crippen LogP contribution in [0.5, 0.6) is 0 Å². The quantitative estimate of drug-likeness (QED) is 0.776. The topological polar surface area (TPSA) is 24.3 Å². The zero-order valence-electron chi connectivity index (χ0n) is 16.8. The molecule has 4 nitrogen and oxygen atoms in total. The van der Waals surface area contributed by atoms with E-state index in [-0.39, 0.29) is 0 Å². The first-order valence-electron chi connectivity index (χ1n) is 10.7. The van der Waals surface area contributed by atoms with E-state index in [0.29, 0.717) is 0 Å². The lowest BCUT2D eigenvalue weighted by Crippen LogP contribution is -2.33. The normalized spacial score (nSPS) is 20.2. The minimum atomic E-state index is 0.836. The molecule has 2 aliphatic rings. The van der Waals surface area contributed by atoms with Crippen molar-refractivity contribution in [2.45, 2.75) is 51.6 Å². The van der Waals surface area contributed by atoms with E-state index in [4.69, 9.17) is 0 Å². The lowest BCUT2D eigenvalue weighted by Gasteiger charge is -2.31. The summed E-state index contributed by atoms with van der Waals surface area (Å²) in [5, 5.41) is 4.28. The number of likely N-dealkylation sites (tertiary alicyclic amines) is 2. The minimum absolute atomic E-state index is 0.836. The minimum Gasteiger partial charge on any atom is -0.299 e. The largest absolute Gasteiger partial charge is 0.299 e. The number of aryl methyl sites for hydroxylation is 1. The van der Waals surface area contributed by atoms with Crippen molar-refractivity contribution in [1.82, 2.24) is 19.6 Å². The Hall–Kier alpha value is -1.65. The van der Waals surface area contributed by atoms with Crippen molar-refractivity contribution < 1.29 is 0 Å². The van der Waals surface area contributed by atoms with Crippen molar-refractivity contribution in [1.29, 1.82) is 0 Å². The second kappa shape index (κ2) is 9.03. The highest BCUT2D eigenvalue weighted by atomic mass is 15.2. The molecule has 146 valence electrons. The molecule has 4 rings (SSSR count). The van der Waals surface area contributed by atoms with Crippen molar-refractivity contribution in [2.24, 2.45) is 13.0 Å². The van der Waals surface area contributed by atoms with E-state index in [1.165, 1.54) is 81.4 Å². The van der Waals surface area contributed by atoms with E-state index in [1.54, 1.807) is 0 Å². The van der Waals surface area contributed by atoms with Crippen molar-refractivity contribution in [3.63, 3.8) is 0 Å². The van der Waals surface area contributed by atoms with Crippen LogP contribution in [0.25, 0.3) is 0 Å². The summed E-state index contributed by atoms with van der Waals surface area (Å²) in [4.78, 5) is 5.19. The van der Waals surface area contributed by atoms with E-state index >= 15 is 0 Å². The van der Waals surface area contributed by atoms with Crippen LogP contribution in [0.4, 0.5) is 0 Å². The summed E-state index contributed by atoms with van der Waals surface area (Å²) in [6.07, 6.45) is 12.2. The maximum Gasteiger partial charge on any atom is 0.0534 e. The van der Waals surface area contributed by atoms with Crippen LogP contribution in [0.3, 0.4) is 0 Å². The van der Waals surface area contributed by atoms with Gasteiger partial charge in [-0.1, -0.05) is 30.7 Å². The average molecular weight is 367 g/mol. The summed E-state index contributed by atoms with van der Waals surface area (Å²) in [7, 11) is 1.99. The molecule has 0 radical (unpaired) electrons. The molecule has 0 bridgehead atoms. The lowest BCUT2D eigenvalue weighted by molar-refractivity contribution is 0.177. The number of piperidine rings is 2. The molecule has 0 unspecified atom stereocenters. The second-order valence-electron chi connectivity index (χ2n) is 8.60. The van der Waals surface area contributed by atoms with Crippen LogP contribution in [-0.2, 0) is 26.6 Å². The van der Waals surface area contributed by atoms with Gasteiger partial charge in [-0.2, -0.15) is 5.10 Å². The summed E-state index contributed by atoms with van der Waals surface area (Å²) in [6.45, 7) is 7.16. The molecule has 2 aromatic rings. The van der Waals surface area contributed by atoms with Gasteiger partial charge in [0.05, 0.1) is 6.20 Å². The molecule has 3 heterocycles. The molecule has 1 aromatic carbocycles. The van der Waals surface area contributed by atoms with Crippen LogP contribution in [0, 0.1) is 5.92 Å². The second-order valence-corrected chi connectivity index (χ2v) is 8.60. The molecule has 4 heteroatoms. The van der Waals surface area contributed by atoms with Crippen molar-refractivity contribution in [2.75, 3.05) is 26.2 Å². The fourth-order valence-corrected chi connectivity index (χ4v) is 4.65.